The van der Waals surface area contributed by atoms with Gasteiger partial charge in [-0.15, -0.1) is 0 Å². The van der Waals surface area contributed by atoms with E-state index in [1.165, 1.54) is 16.3 Å². The van der Waals surface area contributed by atoms with Crippen LogP contribution in [0.2, 0.25) is 45.3 Å². The number of hydrogen-bond acceptors (Lipinski definition) is 2. The summed E-state index contributed by atoms with van der Waals surface area (Å²) in [6.07, 6.45) is 1.16. The molecule has 0 saturated carbocycles. The van der Waals surface area contributed by atoms with Crippen molar-refractivity contribution in [2.24, 2.45) is 0 Å². The van der Waals surface area contributed by atoms with Gasteiger partial charge in [-0.2, -0.15) is 0 Å². The SMILES string of the molecule is C[Si](C)(C)OC(CC[SiH3])O[Si](C)(C)C. The molecule has 0 rings (SSSR count). The fourth-order valence-corrected chi connectivity index (χ4v) is 3.64. The molecular weight excluding hydrogens is 224 g/mol. The van der Waals surface area contributed by atoms with E-state index in [0.717, 1.165) is 6.42 Å². The number of rotatable bonds is 6. The molecule has 0 fully saturated rings. The average molecular weight is 251 g/mol. The molecule has 0 bridgehead atoms. The lowest BCUT2D eigenvalue weighted by Crippen LogP contribution is -2.39. The molecule has 0 aliphatic heterocycles. The minimum Gasteiger partial charge on any atom is -0.394 e. The Kier molecular flexibility index (Phi) is 5.83. The molecule has 0 aromatic carbocycles. The lowest BCUT2D eigenvalue weighted by molar-refractivity contribution is -0.00947. The maximum Gasteiger partial charge on any atom is 0.187 e. The molecule has 86 valence electrons. The third-order valence-electron chi connectivity index (χ3n) is 1.49. The molecule has 2 nitrogen and oxygen atoms in total. The standard InChI is InChI=1S/C9H26O2Si3/c1-13(2,3)10-9(7-8-12)11-14(4,5)6/h9H,7-8H2,1-6,12H3. The van der Waals surface area contributed by atoms with Crippen LogP contribution < -0.4 is 0 Å². The third kappa shape index (κ3) is 9.14. The van der Waals surface area contributed by atoms with Crippen LogP contribution in [0.5, 0.6) is 0 Å². The lowest BCUT2D eigenvalue weighted by Gasteiger charge is -2.31. The largest absolute Gasteiger partial charge is 0.394 e. The molecular formula is C9H26O2Si3. The highest BCUT2D eigenvalue weighted by atomic mass is 28.4. The Hall–Kier alpha value is 0.571. The third-order valence-corrected chi connectivity index (χ3v) is 4.01. The smallest absolute Gasteiger partial charge is 0.187 e. The van der Waals surface area contributed by atoms with Crippen molar-refractivity contribution in [3.8, 4) is 0 Å². The van der Waals surface area contributed by atoms with Crippen molar-refractivity contribution in [1.82, 2.24) is 0 Å². The Labute approximate surface area is 94.1 Å². The average Bonchev–Trinajstić information content (AvgIpc) is 1.78. The summed E-state index contributed by atoms with van der Waals surface area (Å²) in [6.45, 7) is 13.3. The highest BCUT2D eigenvalue weighted by Gasteiger charge is 2.25. The Bertz CT molecular complexity index is 144. The maximum atomic E-state index is 6.03. The monoisotopic (exact) mass is 250 g/mol. The molecule has 0 aliphatic carbocycles. The van der Waals surface area contributed by atoms with Gasteiger partial charge >= 0.3 is 0 Å². The Balaban J connectivity index is 4.16. The molecule has 0 spiro atoms. The van der Waals surface area contributed by atoms with Crippen LogP contribution in [0.15, 0.2) is 0 Å². The molecule has 0 atom stereocenters. The van der Waals surface area contributed by atoms with Crippen molar-refractivity contribution in [3.63, 3.8) is 0 Å². The zero-order chi connectivity index (χ0) is 11.4. The summed E-state index contributed by atoms with van der Waals surface area (Å²) < 4.78 is 12.1. The van der Waals surface area contributed by atoms with Gasteiger partial charge in [0.05, 0.1) is 0 Å². The minimum atomic E-state index is -1.44. The maximum absolute atomic E-state index is 6.03. The summed E-state index contributed by atoms with van der Waals surface area (Å²) in [5.74, 6) is 0. The van der Waals surface area contributed by atoms with Crippen molar-refractivity contribution < 1.29 is 8.85 Å². The van der Waals surface area contributed by atoms with Crippen molar-refractivity contribution >= 4 is 26.9 Å². The van der Waals surface area contributed by atoms with E-state index in [0.29, 0.717) is 0 Å². The zero-order valence-electron chi connectivity index (χ0n) is 10.8. The van der Waals surface area contributed by atoms with Crippen LogP contribution in [0.4, 0.5) is 0 Å². The molecule has 5 heteroatoms. The van der Waals surface area contributed by atoms with Gasteiger partial charge < -0.3 is 8.85 Å². The first kappa shape index (κ1) is 14.6. The van der Waals surface area contributed by atoms with E-state index in [9.17, 15) is 0 Å². The highest BCUT2D eigenvalue weighted by Crippen LogP contribution is 2.17. The first-order valence-corrected chi connectivity index (χ1v) is 13.7. The molecule has 0 aliphatic rings. The van der Waals surface area contributed by atoms with E-state index < -0.39 is 16.6 Å². The fourth-order valence-electron chi connectivity index (χ4n) is 1.17. The Morgan fingerprint density at radius 3 is 1.50 bits per heavy atom. The summed E-state index contributed by atoms with van der Waals surface area (Å²) in [4.78, 5) is 0. The number of hydrogen-bond donors (Lipinski definition) is 0. The second-order valence-corrected chi connectivity index (χ2v) is 15.6. The molecule has 0 unspecified atom stereocenters. The Morgan fingerprint density at radius 2 is 1.29 bits per heavy atom. The van der Waals surface area contributed by atoms with Gasteiger partial charge in [0, 0.05) is 10.2 Å². The quantitative estimate of drug-likeness (QED) is 0.531. The normalized spacial score (nSPS) is 13.9. The second-order valence-electron chi connectivity index (χ2n) is 5.68. The molecule has 0 heterocycles. The van der Waals surface area contributed by atoms with Crippen LogP contribution in [0.25, 0.3) is 0 Å². The van der Waals surface area contributed by atoms with Crippen molar-refractivity contribution in [1.29, 1.82) is 0 Å². The van der Waals surface area contributed by atoms with Gasteiger partial charge in [-0.3, -0.25) is 0 Å². The van der Waals surface area contributed by atoms with Gasteiger partial charge in [0.15, 0.2) is 16.6 Å². The molecule has 0 N–H and O–H groups in total. The predicted molar refractivity (Wildman–Crippen MR) is 72.0 cm³/mol. The van der Waals surface area contributed by atoms with Gasteiger partial charge in [0.2, 0.25) is 0 Å². The van der Waals surface area contributed by atoms with E-state index in [2.05, 4.69) is 39.3 Å². The van der Waals surface area contributed by atoms with E-state index in [1.807, 2.05) is 0 Å². The predicted octanol–water partition coefficient (Wildman–Crippen LogP) is 2.19. The van der Waals surface area contributed by atoms with E-state index >= 15 is 0 Å². The molecule has 0 amide bonds. The van der Waals surface area contributed by atoms with Crippen molar-refractivity contribution in [2.75, 3.05) is 0 Å². The molecule has 0 aromatic rings. The van der Waals surface area contributed by atoms with Crippen LogP contribution in [-0.4, -0.2) is 33.2 Å². The summed E-state index contributed by atoms with van der Waals surface area (Å²) >= 11 is 0. The van der Waals surface area contributed by atoms with E-state index in [4.69, 9.17) is 8.85 Å². The Morgan fingerprint density at radius 1 is 0.929 bits per heavy atom. The van der Waals surface area contributed by atoms with Gasteiger partial charge in [0.1, 0.15) is 6.29 Å². The summed E-state index contributed by atoms with van der Waals surface area (Å²) in [7, 11) is -1.65. The lowest BCUT2D eigenvalue weighted by atomic mass is 10.5. The summed E-state index contributed by atoms with van der Waals surface area (Å²) in [5.41, 5.74) is 0. The summed E-state index contributed by atoms with van der Waals surface area (Å²) in [6, 6.07) is 1.26. The van der Waals surface area contributed by atoms with Crippen LogP contribution in [0.3, 0.4) is 0 Å². The van der Waals surface area contributed by atoms with Crippen LogP contribution >= 0.6 is 0 Å². The van der Waals surface area contributed by atoms with Crippen LogP contribution in [0, 0.1) is 0 Å². The van der Waals surface area contributed by atoms with Crippen molar-refractivity contribution in [2.45, 2.75) is 58.0 Å². The first-order chi connectivity index (χ1) is 6.14. The van der Waals surface area contributed by atoms with Crippen molar-refractivity contribution in [3.05, 3.63) is 0 Å². The molecule has 0 aromatic heterocycles. The fraction of sp³-hybridized carbons (Fsp3) is 1.00. The second kappa shape index (κ2) is 5.60. The molecule has 14 heavy (non-hydrogen) atoms. The van der Waals surface area contributed by atoms with Gasteiger partial charge in [-0.05, 0) is 45.7 Å². The van der Waals surface area contributed by atoms with E-state index in [-0.39, 0.29) is 6.29 Å². The topological polar surface area (TPSA) is 18.5 Å². The minimum absolute atomic E-state index is 0.0748. The molecule has 0 radical (unpaired) electrons. The highest BCUT2D eigenvalue weighted by molar-refractivity contribution is 6.70. The first-order valence-electron chi connectivity index (χ1n) is 5.50. The zero-order valence-corrected chi connectivity index (χ0v) is 14.8. The van der Waals surface area contributed by atoms with Gasteiger partial charge in [-0.1, -0.05) is 6.04 Å². The summed E-state index contributed by atoms with van der Waals surface area (Å²) in [5, 5.41) is 0. The van der Waals surface area contributed by atoms with Crippen LogP contribution in [0.1, 0.15) is 6.42 Å². The molecule has 0 saturated heterocycles. The van der Waals surface area contributed by atoms with Crippen LogP contribution in [-0.2, 0) is 8.85 Å². The van der Waals surface area contributed by atoms with E-state index in [1.54, 1.807) is 0 Å². The van der Waals surface area contributed by atoms with Gasteiger partial charge in [0.25, 0.3) is 0 Å². The van der Waals surface area contributed by atoms with Gasteiger partial charge in [-0.25, -0.2) is 0 Å².